The maximum atomic E-state index is 13.5. The van der Waals surface area contributed by atoms with E-state index in [1.807, 2.05) is 4.90 Å². The highest BCUT2D eigenvalue weighted by molar-refractivity contribution is 5.35. The summed E-state index contributed by atoms with van der Waals surface area (Å²) in [6, 6.07) is 10.7. The average Bonchev–Trinajstić information content (AvgIpc) is 3.11. The van der Waals surface area contributed by atoms with Gasteiger partial charge >= 0.3 is 6.18 Å². The van der Waals surface area contributed by atoms with Crippen LogP contribution < -0.4 is 4.74 Å². The second-order valence-electron chi connectivity index (χ2n) is 6.07. The van der Waals surface area contributed by atoms with Crippen molar-refractivity contribution in [1.29, 1.82) is 0 Å². The lowest BCUT2D eigenvalue weighted by Crippen LogP contribution is -2.25. The number of hydrogen-bond donors (Lipinski definition) is 0. The highest BCUT2D eigenvalue weighted by Gasteiger charge is 2.30. The lowest BCUT2D eigenvalue weighted by molar-refractivity contribution is -0.137. The van der Waals surface area contributed by atoms with Gasteiger partial charge in [0.2, 0.25) is 0 Å². The molecule has 0 aliphatic rings. The molecule has 0 spiro atoms. The quantitative estimate of drug-likeness (QED) is 0.575. The molecule has 6 nitrogen and oxygen atoms in total. The van der Waals surface area contributed by atoms with Crippen molar-refractivity contribution in [3.8, 4) is 11.4 Å². The molecule has 1 heterocycles. The number of tetrazole rings is 1. The van der Waals surface area contributed by atoms with Crippen LogP contribution in [0.5, 0.6) is 5.75 Å². The van der Waals surface area contributed by atoms with Crippen molar-refractivity contribution in [3.05, 3.63) is 65.7 Å². The Bertz CT molecular complexity index is 911. The number of alkyl halides is 3. The minimum Gasteiger partial charge on any atom is -0.489 e. The van der Waals surface area contributed by atoms with Crippen molar-refractivity contribution in [3.63, 3.8) is 0 Å². The molecule has 28 heavy (non-hydrogen) atoms. The number of nitrogens with zero attached hydrogens (tertiary/aromatic N) is 5. The van der Waals surface area contributed by atoms with Crippen LogP contribution in [0.25, 0.3) is 5.69 Å². The fourth-order valence-corrected chi connectivity index (χ4v) is 2.49. The zero-order chi connectivity index (χ0) is 20.1. The van der Waals surface area contributed by atoms with Gasteiger partial charge in [-0.2, -0.15) is 17.9 Å². The van der Waals surface area contributed by atoms with E-state index in [1.54, 1.807) is 25.2 Å². The van der Waals surface area contributed by atoms with E-state index in [9.17, 15) is 17.6 Å². The Morgan fingerprint density at radius 2 is 1.79 bits per heavy atom. The third kappa shape index (κ3) is 4.83. The van der Waals surface area contributed by atoms with Crippen LogP contribution >= 0.6 is 0 Å². The van der Waals surface area contributed by atoms with E-state index in [0.29, 0.717) is 24.6 Å². The smallest absolute Gasteiger partial charge is 0.416 e. The van der Waals surface area contributed by atoms with Gasteiger partial charge in [-0.05, 0) is 53.9 Å². The molecule has 0 amide bonds. The van der Waals surface area contributed by atoms with Gasteiger partial charge in [-0.15, -0.1) is 5.10 Å². The molecule has 0 unspecified atom stereocenters. The first-order valence-electron chi connectivity index (χ1n) is 8.35. The molecular formula is C18H17F4N5O. The van der Waals surface area contributed by atoms with Crippen LogP contribution in [0.1, 0.15) is 11.4 Å². The van der Waals surface area contributed by atoms with Crippen molar-refractivity contribution in [2.24, 2.45) is 0 Å². The fraction of sp³-hybridized carbons (Fsp3) is 0.278. The summed E-state index contributed by atoms with van der Waals surface area (Å²) in [5.74, 6) is 0.190. The first kappa shape index (κ1) is 19.7. The van der Waals surface area contributed by atoms with Gasteiger partial charge in [-0.25, -0.2) is 4.39 Å². The van der Waals surface area contributed by atoms with Gasteiger partial charge in [0.1, 0.15) is 6.61 Å². The van der Waals surface area contributed by atoms with Crippen molar-refractivity contribution in [2.45, 2.75) is 12.7 Å². The van der Waals surface area contributed by atoms with Crippen molar-refractivity contribution >= 4 is 0 Å². The maximum Gasteiger partial charge on any atom is 0.416 e. The van der Waals surface area contributed by atoms with E-state index in [4.69, 9.17) is 4.74 Å². The van der Waals surface area contributed by atoms with Gasteiger partial charge < -0.3 is 4.74 Å². The molecule has 148 valence electrons. The number of para-hydroxylation sites is 1. The summed E-state index contributed by atoms with van der Waals surface area (Å²) in [4.78, 5) is 1.85. The van der Waals surface area contributed by atoms with Crippen LogP contribution in [0.2, 0.25) is 0 Å². The number of aromatic nitrogens is 4. The van der Waals surface area contributed by atoms with Gasteiger partial charge in [0.05, 0.1) is 17.8 Å². The lowest BCUT2D eigenvalue weighted by atomic mass is 10.2. The van der Waals surface area contributed by atoms with Gasteiger partial charge in [0.15, 0.2) is 17.4 Å². The average molecular weight is 395 g/mol. The number of likely N-dealkylation sites (N-methyl/N-ethyl adjacent to an activating group) is 1. The largest absolute Gasteiger partial charge is 0.489 e. The molecular weight excluding hydrogens is 378 g/mol. The molecule has 0 bridgehead atoms. The summed E-state index contributed by atoms with van der Waals surface area (Å²) in [5, 5.41) is 11.4. The molecule has 0 N–H and O–H groups in total. The standard InChI is InChI=1S/C18H17F4N5O/c1-26(10-11-28-16-5-3-2-4-15(16)19)12-17-23-24-25-27(17)14-8-6-13(7-9-14)18(20,21)22/h2-9H,10-12H2,1H3. The van der Waals surface area contributed by atoms with Crippen LogP contribution in [0.4, 0.5) is 17.6 Å². The predicted octanol–water partition coefficient (Wildman–Crippen LogP) is 3.33. The molecule has 1 aromatic heterocycles. The van der Waals surface area contributed by atoms with Gasteiger partial charge in [-0.1, -0.05) is 12.1 Å². The number of rotatable bonds is 7. The third-order valence-electron chi connectivity index (χ3n) is 3.95. The molecule has 0 atom stereocenters. The van der Waals surface area contributed by atoms with Crippen molar-refractivity contribution in [2.75, 3.05) is 20.2 Å². The van der Waals surface area contributed by atoms with Gasteiger partial charge in [0, 0.05) is 6.54 Å². The van der Waals surface area contributed by atoms with Gasteiger partial charge in [-0.3, -0.25) is 4.90 Å². The molecule has 3 aromatic rings. The van der Waals surface area contributed by atoms with E-state index < -0.39 is 17.6 Å². The Balaban J connectivity index is 1.60. The summed E-state index contributed by atoms with van der Waals surface area (Å²) in [5.41, 5.74) is -0.322. The topological polar surface area (TPSA) is 56.1 Å². The van der Waals surface area contributed by atoms with E-state index in [2.05, 4.69) is 15.5 Å². The molecule has 0 aliphatic carbocycles. The van der Waals surface area contributed by atoms with Crippen LogP contribution in [0, 0.1) is 5.82 Å². The van der Waals surface area contributed by atoms with E-state index in [0.717, 1.165) is 12.1 Å². The Kier molecular flexibility index (Phi) is 5.88. The second kappa shape index (κ2) is 8.34. The number of ether oxygens (including phenoxy) is 1. The molecule has 0 saturated heterocycles. The molecule has 0 radical (unpaired) electrons. The zero-order valence-corrected chi connectivity index (χ0v) is 14.9. The Hall–Kier alpha value is -3.01. The number of halogens is 4. The summed E-state index contributed by atoms with van der Waals surface area (Å²) in [6.07, 6.45) is -4.40. The third-order valence-corrected chi connectivity index (χ3v) is 3.95. The zero-order valence-electron chi connectivity index (χ0n) is 14.9. The van der Waals surface area contributed by atoms with E-state index in [1.165, 1.54) is 22.9 Å². The SMILES string of the molecule is CN(CCOc1ccccc1F)Cc1nnnn1-c1ccc(C(F)(F)F)cc1. The monoisotopic (exact) mass is 395 g/mol. The lowest BCUT2D eigenvalue weighted by Gasteiger charge is -2.16. The maximum absolute atomic E-state index is 13.5. The number of hydrogen-bond acceptors (Lipinski definition) is 5. The Morgan fingerprint density at radius 3 is 2.46 bits per heavy atom. The van der Waals surface area contributed by atoms with E-state index in [-0.39, 0.29) is 12.4 Å². The minimum atomic E-state index is -4.40. The predicted molar refractivity (Wildman–Crippen MR) is 92.4 cm³/mol. The highest BCUT2D eigenvalue weighted by atomic mass is 19.4. The Labute approximate surface area is 158 Å². The van der Waals surface area contributed by atoms with E-state index >= 15 is 0 Å². The van der Waals surface area contributed by atoms with Crippen LogP contribution in [0.15, 0.2) is 48.5 Å². The molecule has 0 aliphatic heterocycles. The second-order valence-corrected chi connectivity index (χ2v) is 6.07. The van der Waals surface area contributed by atoms with Gasteiger partial charge in [0.25, 0.3) is 0 Å². The van der Waals surface area contributed by atoms with Crippen LogP contribution in [-0.4, -0.2) is 45.3 Å². The molecule has 10 heteroatoms. The first-order chi connectivity index (χ1) is 13.3. The molecule has 0 fully saturated rings. The molecule has 0 saturated carbocycles. The highest BCUT2D eigenvalue weighted by Crippen LogP contribution is 2.29. The minimum absolute atomic E-state index is 0.172. The summed E-state index contributed by atoms with van der Waals surface area (Å²) < 4.78 is 58.4. The summed E-state index contributed by atoms with van der Waals surface area (Å²) >= 11 is 0. The van der Waals surface area contributed by atoms with Crippen LogP contribution in [-0.2, 0) is 12.7 Å². The van der Waals surface area contributed by atoms with Crippen LogP contribution in [0.3, 0.4) is 0 Å². The summed E-state index contributed by atoms with van der Waals surface area (Å²) in [6.45, 7) is 1.04. The molecule has 2 aromatic carbocycles. The number of benzene rings is 2. The van der Waals surface area contributed by atoms with Crippen molar-refractivity contribution in [1.82, 2.24) is 25.1 Å². The Morgan fingerprint density at radius 1 is 1.07 bits per heavy atom. The fourth-order valence-electron chi connectivity index (χ4n) is 2.49. The summed E-state index contributed by atoms with van der Waals surface area (Å²) in [7, 11) is 1.80. The van der Waals surface area contributed by atoms with Crippen molar-refractivity contribution < 1.29 is 22.3 Å². The normalized spacial score (nSPS) is 11.8. The first-order valence-corrected chi connectivity index (χ1v) is 8.35. The molecule has 3 rings (SSSR count).